The van der Waals surface area contributed by atoms with Gasteiger partial charge in [-0.25, -0.2) is 4.39 Å². The number of hydrogen-bond acceptors (Lipinski definition) is 1. The predicted molar refractivity (Wildman–Crippen MR) is 53.0 cm³/mol. The van der Waals surface area contributed by atoms with Crippen LogP contribution in [0.4, 0.5) is 17.6 Å². The maximum absolute atomic E-state index is 13.6. The van der Waals surface area contributed by atoms with Gasteiger partial charge in [0.15, 0.2) is 0 Å². The monoisotopic (exact) mass is 246 g/mol. The van der Waals surface area contributed by atoms with Crippen LogP contribution in [0.25, 0.3) is 0 Å². The zero-order valence-corrected chi connectivity index (χ0v) is 8.85. The number of ketones is 1. The van der Waals surface area contributed by atoms with Crippen molar-refractivity contribution in [1.82, 2.24) is 0 Å². The van der Waals surface area contributed by atoms with Crippen LogP contribution in [0.1, 0.15) is 36.3 Å². The Labute approximate surface area is 95.4 Å². The molecule has 2 rings (SSSR count). The van der Waals surface area contributed by atoms with Gasteiger partial charge in [-0.1, -0.05) is 6.07 Å². The maximum atomic E-state index is 13.6. The minimum Gasteiger partial charge on any atom is -0.299 e. The smallest absolute Gasteiger partial charge is 0.299 e. The summed E-state index contributed by atoms with van der Waals surface area (Å²) in [6.45, 7) is 0. The molecule has 1 aliphatic carbocycles. The molecule has 1 fully saturated rings. The van der Waals surface area contributed by atoms with Gasteiger partial charge >= 0.3 is 6.18 Å². The first kappa shape index (κ1) is 12.1. The van der Waals surface area contributed by atoms with E-state index < -0.39 is 23.5 Å². The van der Waals surface area contributed by atoms with Gasteiger partial charge in [-0.2, -0.15) is 13.2 Å². The van der Waals surface area contributed by atoms with Crippen LogP contribution in [0.5, 0.6) is 0 Å². The molecule has 1 nitrogen and oxygen atoms in total. The highest BCUT2D eigenvalue weighted by atomic mass is 19.4. The van der Waals surface area contributed by atoms with Crippen LogP contribution in [0, 0.1) is 5.82 Å². The van der Waals surface area contributed by atoms with Crippen molar-refractivity contribution in [3.63, 3.8) is 0 Å². The molecule has 0 N–H and O–H groups in total. The van der Waals surface area contributed by atoms with Crippen molar-refractivity contribution in [3.05, 3.63) is 35.1 Å². The first-order valence-electron chi connectivity index (χ1n) is 5.29. The van der Waals surface area contributed by atoms with Crippen molar-refractivity contribution in [2.24, 2.45) is 0 Å². The minimum absolute atomic E-state index is 0.0838. The molecule has 1 aliphatic rings. The summed E-state index contributed by atoms with van der Waals surface area (Å²) in [4.78, 5) is 11.4. The largest absolute Gasteiger partial charge is 0.416 e. The Balaban J connectivity index is 2.35. The fraction of sp³-hybridized carbons (Fsp3) is 0.417. The Morgan fingerprint density at radius 2 is 1.94 bits per heavy atom. The number of rotatable bonds is 1. The fourth-order valence-corrected chi connectivity index (χ4v) is 2.13. The topological polar surface area (TPSA) is 17.1 Å². The lowest BCUT2D eigenvalue weighted by atomic mass is 9.95. The summed E-state index contributed by atoms with van der Waals surface area (Å²) in [5.74, 6) is -1.61. The van der Waals surface area contributed by atoms with Gasteiger partial charge in [-0.15, -0.1) is 0 Å². The SMILES string of the molecule is O=C1CCCC1c1ccc(C(F)(F)F)cc1F. The Bertz CT molecular complexity index is 450. The van der Waals surface area contributed by atoms with Gasteiger partial charge in [0.1, 0.15) is 11.6 Å². The van der Waals surface area contributed by atoms with Crippen molar-refractivity contribution < 1.29 is 22.4 Å². The molecule has 5 heteroatoms. The summed E-state index contributed by atoms with van der Waals surface area (Å²) in [5, 5.41) is 0. The number of hydrogen-bond donors (Lipinski definition) is 0. The highest BCUT2D eigenvalue weighted by molar-refractivity contribution is 5.87. The number of alkyl halides is 3. The standard InChI is InChI=1S/C12H10F4O/c13-10-6-7(12(14,15)16)4-5-8(10)9-2-1-3-11(9)17/h4-6,9H,1-3H2. The second-order valence-corrected chi connectivity index (χ2v) is 4.15. The van der Waals surface area contributed by atoms with Gasteiger partial charge in [-0.05, 0) is 30.5 Å². The van der Waals surface area contributed by atoms with Gasteiger partial charge in [-0.3, -0.25) is 4.79 Å². The number of carbonyl (C=O) groups is 1. The second kappa shape index (κ2) is 4.13. The third-order valence-corrected chi connectivity index (χ3v) is 3.01. The van der Waals surface area contributed by atoms with Gasteiger partial charge in [0.25, 0.3) is 0 Å². The summed E-state index contributed by atoms with van der Waals surface area (Å²) in [6.07, 6.45) is -2.99. The van der Waals surface area contributed by atoms with E-state index in [1.54, 1.807) is 0 Å². The summed E-state index contributed by atoms with van der Waals surface area (Å²) < 4.78 is 50.5. The molecule has 0 aliphatic heterocycles. The minimum atomic E-state index is -4.56. The van der Waals surface area contributed by atoms with Crippen molar-refractivity contribution >= 4 is 5.78 Å². The number of Topliss-reactive ketones (excluding diaryl/α,β-unsaturated/α-hetero) is 1. The molecule has 1 aromatic carbocycles. The highest BCUT2D eigenvalue weighted by Gasteiger charge is 2.33. The van der Waals surface area contributed by atoms with E-state index in [0.717, 1.165) is 12.1 Å². The predicted octanol–water partition coefficient (Wildman–Crippen LogP) is 3.68. The van der Waals surface area contributed by atoms with Gasteiger partial charge in [0, 0.05) is 12.3 Å². The molecule has 0 spiro atoms. The van der Waals surface area contributed by atoms with E-state index in [9.17, 15) is 22.4 Å². The molecule has 1 saturated carbocycles. The van der Waals surface area contributed by atoms with Crippen molar-refractivity contribution in [1.29, 1.82) is 0 Å². The van der Waals surface area contributed by atoms with Gasteiger partial charge < -0.3 is 0 Å². The Kier molecular flexibility index (Phi) is 2.93. The molecule has 0 radical (unpaired) electrons. The second-order valence-electron chi connectivity index (χ2n) is 4.15. The summed E-state index contributed by atoms with van der Waals surface area (Å²) in [7, 11) is 0. The Hall–Kier alpha value is -1.39. The number of carbonyl (C=O) groups excluding carboxylic acids is 1. The van der Waals surface area contributed by atoms with E-state index in [1.807, 2.05) is 0 Å². The molecular weight excluding hydrogens is 236 g/mol. The fourth-order valence-electron chi connectivity index (χ4n) is 2.13. The molecule has 92 valence electrons. The molecule has 17 heavy (non-hydrogen) atoms. The van der Waals surface area contributed by atoms with Crippen LogP contribution >= 0.6 is 0 Å². The quantitative estimate of drug-likeness (QED) is 0.691. The van der Waals surface area contributed by atoms with E-state index in [0.29, 0.717) is 25.3 Å². The lowest BCUT2D eigenvalue weighted by molar-refractivity contribution is -0.137. The molecule has 0 heterocycles. The van der Waals surface area contributed by atoms with E-state index in [-0.39, 0.29) is 11.3 Å². The van der Waals surface area contributed by atoms with E-state index in [2.05, 4.69) is 0 Å². The number of halogens is 4. The normalized spacial score (nSPS) is 20.9. The lowest BCUT2D eigenvalue weighted by Crippen LogP contribution is -2.10. The molecular formula is C12H10F4O. The van der Waals surface area contributed by atoms with Crippen LogP contribution < -0.4 is 0 Å². The lowest BCUT2D eigenvalue weighted by Gasteiger charge is -2.12. The zero-order valence-electron chi connectivity index (χ0n) is 8.85. The third-order valence-electron chi connectivity index (χ3n) is 3.01. The van der Waals surface area contributed by atoms with Crippen LogP contribution in [0.15, 0.2) is 18.2 Å². The van der Waals surface area contributed by atoms with Crippen LogP contribution in [-0.4, -0.2) is 5.78 Å². The van der Waals surface area contributed by atoms with Crippen molar-refractivity contribution in [2.45, 2.75) is 31.4 Å². The molecule has 1 unspecified atom stereocenters. The third kappa shape index (κ3) is 2.33. The first-order chi connectivity index (χ1) is 7.89. The molecule has 1 atom stereocenters. The van der Waals surface area contributed by atoms with E-state index in [1.165, 1.54) is 0 Å². The summed E-state index contributed by atoms with van der Waals surface area (Å²) in [5.41, 5.74) is -0.940. The van der Waals surface area contributed by atoms with Gasteiger partial charge in [0.05, 0.1) is 5.56 Å². The molecule has 0 aromatic heterocycles. The van der Waals surface area contributed by atoms with E-state index in [4.69, 9.17) is 0 Å². The van der Waals surface area contributed by atoms with Crippen molar-refractivity contribution in [3.8, 4) is 0 Å². The maximum Gasteiger partial charge on any atom is 0.416 e. The van der Waals surface area contributed by atoms with Crippen LogP contribution in [0.2, 0.25) is 0 Å². The zero-order chi connectivity index (χ0) is 12.6. The van der Waals surface area contributed by atoms with Crippen LogP contribution in [-0.2, 0) is 11.0 Å². The first-order valence-corrected chi connectivity index (χ1v) is 5.29. The highest BCUT2D eigenvalue weighted by Crippen LogP contribution is 2.35. The molecule has 0 bridgehead atoms. The summed E-state index contributed by atoms with van der Waals surface area (Å²) in [6, 6.07) is 2.36. The summed E-state index contributed by atoms with van der Waals surface area (Å²) >= 11 is 0. The Morgan fingerprint density at radius 3 is 2.41 bits per heavy atom. The average molecular weight is 246 g/mol. The van der Waals surface area contributed by atoms with Crippen molar-refractivity contribution in [2.75, 3.05) is 0 Å². The molecule has 1 aromatic rings. The average Bonchev–Trinajstić information content (AvgIpc) is 2.63. The van der Waals surface area contributed by atoms with Gasteiger partial charge in [0.2, 0.25) is 0 Å². The molecule has 0 saturated heterocycles. The Morgan fingerprint density at radius 1 is 1.24 bits per heavy atom. The molecule has 0 amide bonds. The number of benzene rings is 1. The van der Waals surface area contributed by atoms with E-state index >= 15 is 0 Å². The van der Waals surface area contributed by atoms with Crippen LogP contribution in [0.3, 0.4) is 0 Å².